The molecule has 0 aliphatic heterocycles. The fraction of sp³-hybridized carbons (Fsp3) is 0.692. The van der Waals surface area contributed by atoms with Crippen molar-refractivity contribution in [3.63, 3.8) is 0 Å². The average Bonchev–Trinajstić information content (AvgIpc) is 3.24. The van der Waals surface area contributed by atoms with E-state index in [4.69, 9.17) is 0 Å². The van der Waals surface area contributed by atoms with Crippen LogP contribution in [-0.2, 0) is 5.41 Å². The van der Waals surface area contributed by atoms with Crippen LogP contribution >= 0.6 is 0 Å². The number of fused-ring (bicyclic) bond motifs is 3. The Balaban J connectivity index is 1.42. The molecule has 39 heavy (non-hydrogen) atoms. The zero-order valence-electron chi connectivity index (χ0n) is 26.1. The topological polar surface area (TPSA) is 0 Å². The van der Waals surface area contributed by atoms with E-state index >= 15 is 0 Å². The molecule has 0 saturated heterocycles. The van der Waals surface area contributed by atoms with Crippen molar-refractivity contribution in [2.24, 2.45) is 0 Å². The molecule has 0 N–H and O–H groups in total. The van der Waals surface area contributed by atoms with Crippen molar-refractivity contribution in [3.8, 4) is 11.1 Å². The van der Waals surface area contributed by atoms with Crippen LogP contribution in [0.2, 0.25) is 0 Å². The maximum atomic E-state index is 2.46. The molecular weight excluding hydrogens is 468 g/mol. The third kappa shape index (κ3) is 10.4. The first-order chi connectivity index (χ1) is 19.3. The van der Waals surface area contributed by atoms with E-state index in [1.165, 1.54) is 165 Å². The van der Waals surface area contributed by atoms with E-state index in [0.29, 0.717) is 0 Å². The number of unbranched alkanes of at least 4 members (excludes halogenated alkanes) is 20. The third-order valence-corrected chi connectivity index (χ3v) is 9.59. The molecule has 0 nitrogen and oxygen atoms in total. The molecule has 0 bridgehead atoms. The van der Waals surface area contributed by atoms with Gasteiger partial charge < -0.3 is 0 Å². The summed E-state index contributed by atoms with van der Waals surface area (Å²) in [6, 6.07) is 18.8. The monoisotopic (exact) mass is 530 g/mol. The van der Waals surface area contributed by atoms with E-state index in [1.54, 1.807) is 11.1 Å². The van der Waals surface area contributed by atoms with Gasteiger partial charge in [-0.3, -0.25) is 0 Å². The predicted octanol–water partition coefficient (Wildman–Crippen LogP) is 13.4. The molecule has 2 aromatic carbocycles. The summed E-state index contributed by atoms with van der Waals surface area (Å²) in [4.78, 5) is 0. The Hall–Kier alpha value is -1.56. The summed E-state index contributed by atoms with van der Waals surface area (Å²) < 4.78 is 0. The van der Waals surface area contributed by atoms with Crippen LogP contribution in [0.4, 0.5) is 0 Å². The van der Waals surface area contributed by atoms with E-state index in [2.05, 4.69) is 62.4 Å². The molecule has 1 aliphatic rings. The van der Waals surface area contributed by atoms with E-state index in [0.717, 1.165) is 0 Å². The first-order valence-electron chi connectivity index (χ1n) is 17.5. The van der Waals surface area contributed by atoms with Gasteiger partial charge in [0.25, 0.3) is 0 Å². The highest BCUT2D eigenvalue weighted by Crippen LogP contribution is 2.54. The van der Waals surface area contributed by atoms with E-state index in [1.807, 2.05) is 0 Å². The van der Waals surface area contributed by atoms with Crippen molar-refractivity contribution < 1.29 is 0 Å². The van der Waals surface area contributed by atoms with Crippen LogP contribution in [0, 0.1) is 0 Å². The second-order valence-corrected chi connectivity index (χ2v) is 12.7. The summed E-state index contributed by atoms with van der Waals surface area (Å²) in [7, 11) is 0. The summed E-state index contributed by atoms with van der Waals surface area (Å²) in [5.41, 5.74) is 6.52. The van der Waals surface area contributed by atoms with Crippen molar-refractivity contribution in [2.75, 3.05) is 0 Å². The number of benzene rings is 2. The number of hydrogen-bond donors (Lipinski definition) is 0. The van der Waals surface area contributed by atoms with Gasteiger partial charge in [0.15, 0.2) is 0 Å². The zero-order chi connectivity index (χ0) is 27.4. The number of rotatable bonds is 24. The van der Waals surface area contributed by atoms with E-state index in [9.17, 15) is 0 Å². The lowest BCUT2D eigenvalue weighted by atomic mass is 9.70. The Morgan fingerprint density at radius 3 is 0.974 bits per heavy atom. The summed E-state index contributed by atoms with van der Waals surface area (Å²) in [5.74, 6) is 0. The van der Waals surface area contributed by atoms with Gasteiger partial charge in [0, 0.05) is 5.41 Å². The highest BCUT2D eigenvalue weighted by Gasteiger charge is 2.41. The third-order valence-electron chi connectivity index (χ3n) is 9.59. The molecule has 0 atom stereocenters. The minimum absolute atomic E-state index is 0.243. The van der Waals surface area contributed by atoms with Crippen molar-refractivity contribution in [1.82, 2.24) is 0 Å². The van der Waals surface area contributed by atoms with Gasteiger partial charge in [-0.1, -0.05) is 204 Å². The largest absolute Gasteiger partial charge is 0.0654 e. The Bertz CT molecular complexity index is 832. The number of hydrogen-bond acceptors (Lipinski definition) is 0. The lowest BCUT2D eigenvalue weighted by Gasteiger charge is -2.33. The lowest BCUT2D eigenvalue weighted by molar-refractivity contribution is 0.397. The van der Waals surface area contributed by atoms with E-state index < -0.39 is 0 Å². The highest BCUT2D eigenvalue weighted by molar-refractivity contribution is 5.80. The maximum absolute atomic E-state index is 2.46. The Kier molecular flexibility index (Phi) is 16.0. The molecular formula is C39H62. The van der Waals surface area contributed by atoms with Crippen LogP contribution in [0.3, 0.4) is 0 Å². The Morgan fingerprint density at radius 1 is 0.359 bits per heavy atom. The second kappa shape index (κ2) is 19.5. The van der Waals surface area contributed by atoms with Crippen molar-refractivity contribution in [3.05, 3.63) is 59.7 Å². The fourth-order valence-electron chi connectivity index (χ4n) is 7.26. The van der Waals surface area contributed by atoms with Gasteiger partial charge >= 0.3 is 0 Å². The molecule has 0 heteroatoms. The molecule has 0 heterocycles. The molecule has 0 spiro atoms. The van der Waals surface area contributed by atoms with Gasteiger partial charge in [0.1, 0.15) is 0 Å². The molecule has 0 saturated carbocycles. The molecule has 218 valence electrons. The van der Waals surface area contributed by atoms with Crippen LogP contribution in [0.5, 0.6) is 0 Å². The molecule has 3 rings (SSSR count). The molecule has 2 aromatic rings. The zero-order valence-corrected chi connectivity index (χ0v) is 26.1. The molecule has 0 aromatic heterocycles. The normalized spacial score (nSPS) is 13.5. The summed E-state index contributed by atoms with van der Waals surface area (Å²) in [5, 5.41) is 0. The molecule has 0 unspecified atom stereocenters. The van der Waals surface area contributed by atoms with Crippen molar-refractivity contribution >= 4 is 0 Å². The average molecular weight is 531 g/mol. The van der Waals surface area contributed by atoms with Crippen LogP contribution in [0.25, 0.3) is 11.1 Å². The van der Waals surface area contributed by atoms with Crippen molar-refractivity contribution in [2.45, 2.75) is 173 Å². The maximum Gasteiger partial charge on any atom is 0.0215 e. The minimum Gasteiger partial charge on any atom is -0.0654 e. The molecule has 1 aliphatic carbocycles. The van der Waals surface area contributed by atoms with Crippen LogP contribution in [0.15, 0.2) is 48.5 Å². The van der Waals surface area contributed by atoms with Gasteiger partial charge in [0.05, 0.1) is 0 Å². The van der Waals surface area contributed by atoms with Crippen LogP contribution in [-0.4, -0.2) is 0 Å². The van der Waals surface area contributed by atoms with E-state index in [-0.39, 0.29) is 5.41 Å². The quantitative estimate of drug-likeness (QED) is 0.118. The summed E-state index contributed by atoms with van der Waals surface area (Å²) >= 11 is 0. The predicted molar refractivity (Wildman–Crippen MR) is 175 cm³/mol. The summed E-state index contributed by atoms with van der Waals surface area (Å²) in [6.07, 6.45) is 34.0. The van der Waals surface area contributed by atoms with Gasteiger partial charge in [0.2, 0.25) is 0 Å². The first-order valence-corrected chi connectivity index (χ1v) is 17.5. The minimum atomic E-state index is 0.243. The first kappa shape index (κ1) is 32.0. The van der Waals surface area contributed by atoms with Gasteiger partial charge in [-0.25, -0.2) is 0 Å². The smallest absolute Gasteiger partial charge is 0.0215 e. The van der Waals surface area contributed by atoms with Gasteiger partial charge in [-0.2, -0.15) is 0 Å². The molecule has 0 radical (unpaired) electrons. The van der Waals surface area contributed by atoms with Gasteiger partial charge in [-0.05, 0) is 35.1 Å². The standard InChI is InChI=1S/C39H62/c1-3-5-7-9-11-13-14-15-16-17-18-20-22-28-34-39(33-27-21-19-12-10-8-6-4-2)37-31-25-23-29-35(37)36-30-24-26-32-38(36)39/h23-26,29-32H,3-22,27-28,33-34H2,1-2H3. The van der Waals surface area contributed by atoms with Crippen LogP contribution < -0.4 is 0 Å². The fourth-order valence-corrected chi connectivity index (χ4v) is 7.26. The van der Waals surface area contributed by atoms with Crippen molar-refractivity contribution in [1.29, 1.82) is 0 Å². The SMILES string of the molecule is CCCCCCCCCCCCCCCCC1(CCCCCCCCCC)c2ccccc2-c2ccccc21. The second-order valence-electron chi connectivity index (χ2n) is 12.7. The summed E-state index contributed by atoms with van der Waals surface area (Å²) in [6.45, 7) is 4.62. The van der Waals surface area contributed by atoms with Gasteiger partial charge in [-0.15, -0.1) is 0 Å². The van der Waals surface area contributed by atoms with Crippen LogP contribution in [0.1, 0.15) is 179 Å². The Morgan fingerprint density at radius 2 is 0.641 bits per heavy atom. The molecule has 0 fully saturated rings. The lowest BCUT2D eigenvalue weighted by Crippen LogP contribution is -2.25. The highest BCUT2D eigenvalue weighted by atomic mass is 14.4. The molecule has 0 amide bonds. The Labute approximate surface area is 243 Å².